The Balaban J connectivity index is 1.47. The van der Waals surface area contributed by atoms with Gasteiger partial charge < -0.3 is 25.4 Å². The SMILES string of the molecule is Cc1ccc(NC(=O)c2ccnc(C(C)(C)C#N)c2)cc1-c1cc(N2CCCCC2)nc(NC2(CO)CCOCC2)n1. The minimum atomic E-state index is -0.808. The standard InChI is InChI=1S/C32H39N7O3/c1-22-7-8-24(35-29(41)23-9-12-34-27(17-23)31(2,3)20-33)18-25(22)26-19-28(39-13-5-4-6-14-39)37-30(36-26)38-32(21-40)10-15-42-16-11-32/h7-9,12,17-19,40H,4-6,10-11,13-16,21H2,1-3H3,(H,35,41)(H,36,37,38). The summed E-state index contributed by atoms with van der Waals surface area (Å²) in [6.07, 6.45) is 6.32. The highest BCUT2D eigenvalue weighted by Crippen LogP contribution is 2.32. The summed E-state index contributed by atoms with van der Waals surface area (Å²) in [6, 6.07) is 13.3. The number of aryl methyl sites for hydroxylation is 1. The first-order valence-electron chi connectivity index (χ1n) is 14.6. The predicted octanol–water partition coefficient (Wildman–Crippen LogP) is 4.84. The first-order valence-corrected chi connectivity index (χ1v) is 14.6. The average molecular weight is 570 g/mol. The van der Waals surface area contributed by atoms with E-state index < -0.39 is 11.0 Å². The third kappa shape index (κ3) is 6.53. The summed E-state index contributed by atoms with van der Waals surface area (Å²) in [7, 11) is 0. The normalized spacial score (nSPS) is 16.9. The molecule has 0 atom stereocenters. The van der Waals surface area contributed by atoms with E-state index in [2.05, 4.69) is 26.6 Å². The number of piperidine rings is 1. The van der Waals surface area contributed by atoms with E-state index in [9.17, 15) is 15.2 Å². The smallest absolute Gasteiger partial charge is 0.255 e. The molecule has 0 saturated carbocycles. The lowest BCUT2D eigenvalue weighted by Gasteiger charge is -2.36. The first-order chi connectivity index (χ1) is 20.2. The molecule has 3 aromatic rings. The minimum absolute atomic E-state index is 0.0359. The largest absolute Gasteiger partial charge is 0.394 e. The number of hydrogen-bond acceptors (Lipinski definition) is 9. The van der Waals surface area contributed by atoms with E-state index in [1.54, 1.807) is 32.2 Å². The number of ether oxygens (including phenoxy) is 1. The van der Waals surface area contributed by atoms with E-state index in [0.717, 1.165) is 48.6 Å². The van der Waals surface area contributed by atoms with Gasteiger partial charge in [-0.1, -0.05) is 6.07 Å². The number of nitrogens with one attached hydrogen (secondary N) is 2. The van der Waals surface area contributed by atoms with Crippen LogP contribution in [0.1, 0.15) is 67.6 Å². The molecular formula is C32H39N7O3. The summed E-state index contributed by atoms with van der Waals surface area (Å²) >= 11 is 0. The molecule has 0 aliphatic carbocycles. The fourth-order valence-corrected chi connectivity index (χ4v) is 5.39. The number of nitriles is 1. The highest BCUT2D eigenvalue weighted by molar-refractivity contribution is 6.04. The summed E-state index contributed by atoms with van der Waals surface area (Å²) < 4.78 is 5.55. The van der Waals surface area contributed by atoms with E-state index in [1.165, 1.54) is 6.42 Å². The quantitative estimate of drug-likeness (QED) is 0.348. The van der Waals surface area contributed by atoms with Gasteiger partial charge in [-0.15, -0.1) is 0 Å². The molecule has 2 aromatic heterocycles. The van der Waals surface area contributed by atoms with E-state index in [1.807, 2.05) is 31.2 Å². The van der Waals surface area contributed by atoms with Gasteiger partial charge in [-0.25, -0.2) is 4.98 Å². The van der Waals surface area contributed by atoms with Crippen molar-refractivity contribution in [1.82, 2.24) is 15.0 Å². The fourth-order valence-electron chi connectivity index (χ4n) is 5.39. The van der Waals surface area contributed by atoms with Gasteiger partial charge in [-0.3, -0.25) is 9.78 Å². The van der Waals surface area contributed by atoms with Crippen molar-refractivity contribution in [1.29, 1.82) is 5.26 Å². The monoisotopic (exact) mass is 569 g/mol. The molecule has 2 aliphatic heterocycles. The molecule has 2 aliphatic rings. The van der Waals surface area contributed by atoms with Gasteiger partial charge in [0.1, 0.15) is 5.82 Å². The summed E-state index contributed by atoms with van der Waals surface area (Å²) in [4.78, 5) is 29.6. The van der Waals surface area contributed by atoms with Crippen LogP contribution in [0.5, 0.6) is 0 Å². The van der Waals surface area contributed by atoms with Crippen molar-refractivity contribution in [2.75, 3.05) is 48.4 Å². The molecule has 0 bridgehead atoms. The zero-order valence-corrected chi connectivity index (χ0v) is 24.6. The molecule has 10 nitrogen and oxygen atoms in total. The number of nitrogens with zero attached hydrogens (tertiary/aromatic N) is 5. The number of hydrogen-bond donors (Lipinski definition) is 3. The van der Waals surface area contributed by atoms with E-state index in [0.29, 0.717) is 48.9 Å². The number of anilines is 3. The Bertz CT molecular complexity index is 1470. The highest BCUT2D eigenvalue weighted by atomic mass is 16.5. The molecule has 10 heteroatoms. The van der Waals surface area contributed by atoms with Gasteiger partial charge in [-0.05, 0) is 82.7 Å². The highest BCUT2D eigenvalue weighted by Gasteiger charge is 2.33. The lowest BCUT2D eigenvalue weighted by Crippen LogP contribution is -2.47. The van der Waals surface area contributed by atoms with Crippen LogP contribution in [-0.4, -0.2) is 64.4 Å². The number of pyridine rings is 1. The van der Waals surface area contributed by atoms with Crippen LogP contribution < -0.4 is 15.5 Å². The molecule has 0 unspecified atom stereocenters. The summed E-state index contributed by atoms with van der Waals surface area (Å²) in [5, 5.41) is 26.3. The van der Waals surface area contributed by atoms with Crippen LogP contribution in [0.3, 0.4) is 0 Å². The number of aromatic nitrogens is 3. The van der Waals surface area contributed by atoms with Gasteiger partial charge >= 0.3 is 0 Å². The van der Waals surface area contributed by atoms with Crippen LogP contribution in [-0.2, 0) is 10.2 Å². The second kappa shape index (κ2) is 12.4. The number of carbonyl (C=O) groups is 1. The lowest BCUT2D eigenvalue weighted by atomic mass is 9.90. The number of carbonyl (C=O) groups excluding carboxylic acids is 1. The molecule has 2 saturated heterocycles. The average Bonchev–Trinajstić information content (AvgIpc) is 3.02. The van der Waals surface area contributed by atoms with Crippen molar-refractivity contribution in [2.45, 2.75) is 63.8 Å². The van der Waals surface area contributed by atoms with Crippen LogP contribution >= 0.6 is 0 Å². The number of aliphatic hydroxyl groups excluding tert-OH is 1. The van der Waals surface area contributed by atoms with Crippen LogP contribution in [0.2, 0.25) is 0 Å². The molecule has 42 heavy (non-hydrogen) atoms. The lowest BCUT2D eigenvalue weighted by molar-refractivity contribution is 0.0377. The molecule has 2 fully saturated rings. The minimum Gasteiger partial charge on any atom is -0.394 e. The Labute approximate surface area is 247 Å². The summed E-state index contributed by atoms with van der Waals surface area (Å²) in [5.74, 6) is 1.04. The predicted molar refractivity (Wildman–Crippen MR) is 163 cm³/mol. The van der Waals surface area contributed by atoms with Crippen LogP contribution in [0.25, 0.3) is 11.3 Å². The molecule has 0 radical (unpaired) electrons. The fraction of sp³-hybridized carbons (Fsp3) is 0.469. The summed E-state index contributed by atoms with van der Waals surface area (Å²) in [5.41, 5.74) is 2.87. The zero-order chi connectivity index (χ0) is 29.7. The Morgan fingerprint density at radius 1 is 1.12 bits per heavy atom. The molecule has 5 rings (SSSR count). The Morgan fingerprint density at radius 3 is 2.60 bits per heavy atom. The van der Waals surface area contributed by atoms with Gasteiger partial charge in [0.15, 0.2) is 0 Å². The maximum Gasteiger partial charge on any atom is 0.255 e. The second-order valence-corrected chi connectivity index (χ2v) is 11.8. The Hall–Kier alpha value is -4.07. The van der Waals surface area contributed by atoms with Gasteiger partial charge in [0, 0.05) is 55.4 Å². The van der Waals surface area contributed by atoms with Crippen molar-refractivity contribution in [3.05, 3.63) is 59.4 Å². The second-order valence-electron chi connectivity index (χ2n) is 11.8. The van der Waals surface area contributed by atoms with Crippen molar-refractivity contribution < 1.29 is 14.6 Å². The van der Waals surface area contributed by atoms with Gasteiger partial charge in [0.05, 0.1) is 35.0 Å². The van der Waals surface area contributed by atoms with E-state index in [4.69, 9.17) is 14.7 Å². The molecule has 3 N–H and O–H groups in total. The van der Waals surface area contributed by atoms with Crippen LogP contribution in [0, 0.1) is 18.3 Å². The zero-order valence-electron chi connectivity index (χ0n) is 24.6. The maximum atomic E-state index is 13.2. The first kappa shape index (κ1) is 29.4. The number of rotatable bonds is 8. The molecule has 1 aromatic carbocycles. The Kier molecular flexibility index (Phi) is 8.71. The van der Waals surface area contributed by atoms with Crippen LogP contribution in [0.15, 0.2) is 42.6 Å². The van der Waals surface area contributed by atoms with Crippen molar-refractivity contribution >= 4 is 23.4 Å². The number of amides is 1. The third-order valence-electron chi connectivity index (χ3n) is 8.24. The molecule has 220 valence electrons. The van der Waals surface area contributed by atoms with E-state index >= 15 is 0 Å². The summed E-state index contributed by atoms with van der Waals surface area (Å²) in [6.45, 7) is 8.53. The molecule has 1 amide bonds. The third-order valence-corrected chi connectivity index (χ3v) is 8.24. The van der Waals surface area contributed by atoms with Crippen molar-refractivity contribution in [2.24, 2.45) is 0 Å². The van der Waals surface area contributed by atoms with E-state index in [-0.39, 0.29) is 12.5 Å². The molecular weight excluding hydrogens is 530 g/mol. The van der Waals surface area contributed by atoms with Crippen molar-refractivity contribution in [3.8, 4) is 17.3 Å². The van der Waals surface area contributed by atoms with Crippen molar-refractivity contribution in [3.63, 3.8) is 0 Å². The number of benzene rings is 1. The van der Waals surface area contributed by atoms with Crippen LogP contribution in [0.4, 0.5) is 17.5 Å². The molecule has 4 heterocycles. The Morgan fingerprint density at radius 2 is 1.88 bits per heavy atom. The van der Waals surface area contributed by atoms with Gasteiger partial charge in [-0.2, -0.15) is 10.2 Å². The van der Waals surface area contributed by atoms with Gasteiger partial charge in [0.2, 0.25) is 5.95 Å². The van der Waals surface area contributed by atoms with Gasteiger partial charge in [0.25, 0.3) is 5.91 Å². The topological polar surface area (TPSA) is 136 Å². The maximum absolute atomic E-state index is 13.2. The molecule has 0 spiro atoms. The number of aliphatic hydroxyl groups is 1.